The molecule has 0 aromatic carbocycles. The van der Waals surface area contributed by atoms with E-state index in [4.69, 9.17) is 10.5 Å². The van der Waals surface area contributed by atoms with Gasteiger partial charge in [0.2, 0.25) is 0 Å². The predicted octanol–water partition coefficient (Wildman–Crippen LogP) is 1.64. The van der Waals surface area contributed by atoms with E-state index in [1.807, 2.05) is 6.92 Å². The molecule has 10 heavy (non-hydrogen) atoms. The maximum atomic E-state index is 5.95. The fourth-order valence-electron chi connectivity index (χ4n) is 1.58. The van der Waals surface area contributed by atoms with Gasteiger partial charge < -0.3 is 10.5 Å². The lowest BCUT2D eigenvalue weighted by Crippen LogP contribution is -2.44. The third-order valence-electron chi connectivity index (χ3n) is 2.13. The van der Waals surface area contributed by atoms with Gasteiger partial charge in [-0.3, -0.25) is 0 Å². The lowest BCUT2D eigenvalue weighted by molar-refractivity contribution is -0.0598. The van der Waals surface area contributed by atoms with Crippen LogP contribution in [0.3, 0.4) is 0 Å². The van der Waals surface area contributed by atoms with Crippen LogP contribution in [0.25, 0.3) is 0 Å². The van der Waals surface area contributed by atoms with Gasteiger partial charge in [0.05, 0.1) is 0 Å². The summed E-state index contributed by atoms with van der Waals surface area (Å²) in [7, 11) is 0. The van der Waals surface area contributed by atoms with Crippen molar-refractivity contribution < 1.29 is 4.74 Å². The molecule has 0 aliphatic heterocycles. The Kier molecular flexibility index (Phi) is 2.69. The molecule has 0 heterocycles. The van der Waals surface area contributed by atoms with Gasteiger partial charge in [-0.25, -0.2) is 0 Å². The summed E-state index contributed by atoms with van der Waals surface area (Å²) in [6, 6.07) is 0. The molecule has 0 spiro atoms. The van der Waals surface area contributed by atoms with Gasteiger partial charge in [0.1, 0.15) is 5.72 Å². The maximum Gasteiger partial charge on any atom is 0.116 e. The van der Waals surface area contributed by atoms with Crippen molar-refractivity contribution in [3.05, 3.63) is 0 Å². The summed E-state index contributed by atoms with van der Waals surface area (Å²) >= 11 is 0. The molecular formula is C8H17NO. The Hall–Kier alpha value is -0.0800. The molecule has 0 saturated heterocycles. The van der Waals surface area contributed by atoms with E-state index in [0.717, 1.165) is 19.4 Å². The molecule has 0 amide bonds. The molecule has 1 rings (SSSR count). The molecule has 0 aromatic rings. The normalized spacial score (nSPS) is 24.6. The Bertz CT molecular complexity index is 91.9. The zero-order valence-corrected chi connectivity index (χ0v) is 6.73. The Balaban J connectivity index is 2.32. The Labute approximate surface area is 62.7 Å². The van der Waals surface area contributed by atoms with Crippen LogP contribution < -0.4 is 5.73 Å². The molecule has 0 atom stereocenters. The Morgan fingerprint density at radius 1 is 1.30 bits per heavy atom. The smallest absolute Gasteiger partial charge is 0.116 e. The molecule has 1 aliphatic rings. The second kappa shape index (κ2) is 3.35. The first kappa shape index (κ1) is 8.02. The minimum atomic E-state index is -0.271. The van der Waals surface area contributed by atoms with Crippen molar-refractivity contribution in [3.8, 4) is 0 Å². The van der Waals surface area contributed by atoms with Gasteiger partial charge in [-0.15, -0.1) is 0 Å². The zero-order chi connectivity index (χ0) is 7.45. The third kappa shape index (κ3) is 1.96. The highest BCUT2D eigenvalue weighted by atomic mass is 16.5. The van der Waals surface area contributed by atoms with Crippen molar-refractivity contribution in [2.45, 2.75) is 44.8 Å². The fraction of sp³-hybridized carbons (Fsp3) is 1.00. The first-order valence-corrected chi connectivity index (χ1v) is 4.20. The minimum absolute atomic E-state index is 0.271. The Morgan fingerprint density at radius 2 is 1.90 bits per heavy atom. The second-order valence-corrected chi connectivity index (χ2v) is 3.06. The number of nitrogens with two attached hydrogens (primary N) is 1. The van der Waals surface area contributed by atoms with Gasteiger partial charge in [0.25, 0.3) is 0 Å². The number of hydrogen-bond acceptors (Lipinski definition) is 2. The summed E-state index contributed by atoms with van der Waals surface area (Å²) in [6.45, 7) is 2.75. The summed E-state index contributed by atoms with van der Waals surface area (Å²) in [4.78, 5) is 0. The van der Waals surface area contributed by atoms with E-state index >= 15 is 0 Å². The average Bonchev–Trinajstić information content (AvgIpc) is 1.89. The topological polar surface area (TPSA) is 35.2 Å². The van der Waals surface area contributed by atoms with Crippen LogP contribution in [-0.4, -0.2) is 12.3 Å². The molecule has 0 bridgehead atoms. The second-order valence-electron chi connectivity index (χ2n) is 3.06. The van der Waals surface area contributed by atoms with Crippen LogP contribution in [0.5, 0.6) is 0 Å². The average molecular weight is 143 g/mol. The molecule has 1 saturated carbocycles. The zero-order valence-electron chi connectivity index (χ0n) is 6.73. The molecule has 2 N–H and O–H groups in total. The number of rotatable bonds is 2. The highest BCUT2D eigenvalue weighted by molar-refractivity contribution is 4.77. The summed E-state index contributed by atoms with van der Waals surface area (Å²) in [5.41, 5.74) is 5.68. The van der Waals surface area contributed by atoms with Gasteiger partial charge >= 0.3 is 0 Å². The molecule has 60 valence electrons. The van der Waals surface area contributed by atoms with Crippen molar-refractivity contribution in [2.75, 3.05) is 6.61 Å². The monoisotopic (exact) mass is 143 g/mol. The van der Waals surface area contributed by atoms with Gasteiger partial charge in [-0.05, 0) is 32.6 Å². The third-order valence-corrected chi connectivity index (χ3v) is 2.13. The van der Waals surface area contributed by atoms with E-state index in [1.54, 1.807) is 0 Å². The first-order valence-electron chi connectivity index (χ1n) is 4.20. The van der Waals surface area contributed by atoms with E-state index in [9.17, 15) is 0 Å². The van der Waals surface area contributed by atoms with Crippen LogP contribution in [0.1, 0.15) is 39.0 Å². The summed E-state index contributed by atoms with van der Waals surface area (Å²) < 4.78 is 5.45. The summed E-state index contributed by atoms with van der Waals surface area (Å²) in [5.74, 6) is 0. The van der Waals surface area contributed by atoms with Crippen LogP contribution in [-0.2, 0) is 4.74 Å². The van der Waals surface area contributed by atoms with E-state index in [1.165, 1.54) is 19.3 Å². The Morgan fingerprint density at radius 3 is 2.40 bits per heavy atom. The molecule has 1 aliphatic carbocycles. The van der Waals surface area contributed by atoms with Crippen LogP contribution in [0, 0.1) is 0 Å². The first-order chi connectivity index (χ1) is 4.77. The van der Waals surface area contributed by atoms with Crippen LogP contribution in [0.2, 0.25) is 0 Å². The van der Waals surface area contributed by atoms with Gasteiger partial charge in [0.15, 0.2) is 0 Å². The van der Waals surface area contributed by atoms with E-state index in [0.29, 0.717) is 0 Å². The van der Waals surface area contributed by atoms with Gasteiger partial charge in [-0.2, -0.15) is 0 Å². The quantitative estimate of drug-likeness (QED) is 0.596. The van der Waals surface area contributed by atoms with Gasteiger partial charge in [-0.1, -0.05) is 6.42 Å². The number of ether oxygens (including phenoxy) is 1. The van der Waals surface area contributed by atoms with Gasteiger partial charge in [0, 0.05) is 6.61 Å². The van der Waals surface area contributed by atoms with Crippen LogP contribution in [0.15, 0.2) is 0 Å². The lowest BCUT2D eigenvalue weighted by atomic mass is 9.92. The molecule has 0 unspecified atom stereocenters. The van der Waals surface area contributed by atoms with Crippen molar-refractivity contribution in [2.24, 2.45) is 5.73 Å². The fourth-order valence-corrected chi connectivity index (χ4v) is 1.58. The minimum Gasteiger partial charge on any atom is -0.361 e. The summed E-state index contributed by atoms with van der Waals surface area (Å²) in [5, 5.41) is 0. The molecule has 2 nitrogen and oxygen atoms in total. The molecule has 0 aromatic heterocycles. The maximum absolute atomic E-state index is 5.95. The van der Waals surface area contributed by atoms with Crippen molar-refractivity contribution in [3.63, 3.8) is 0 Å². The lowest BCUT2D eigenvalue weighted by Gasteiger charge is -2.32. The molecular weight excluding hydrogens is 126 g/mol. The van der Waals surface area contributed by atoms with Crippen LogP contribution >= 0.6 is 0 Å². The highest BCUT2D eigenvalue weighted by Gasteiger charge is 2.26. The molecule has 1 fully saturated rings. The van der Waals surface area contributed by atoms with E-state index < -0.39 is 0 Å². The van der Waals surface area contributed by atoms with Crippen molar-refractivity contribution >= 4 is 0 Å². The van der Waals surface area contributed by atoms with Crippen LogP contribution in [0.4, 0.5) is 0 Å². The standard InChI is InChI=1S/C8H17NO/c1-2-10-8(9)6-4-3-5-7-8/h2-7,9H2,1H3. The number of hydrogen-bond donors (Lipinski definition) is 1. The largest absolute Gasteiger partial charge is 0.361 e. The van der Waals surface area contributed by atoms with Crippen molar-refractivity contribution in [1.29, 1.82) is 0 Å². The van der Waals surface area contributed by atoms with E-state index in [2.05, 4.69) is 0 Å². The highest BCUT2D eigenvalue weighted by Crippen LogP contribution is 2.26. The van der Waals surface area contributed by atoms with E-state index in [-0.39, 0.29) is 5.72 Å². The predicted molar refractivity (Wildman–Crippen MR) is 41.6 cm³/mol. The molecule has 0 radical (unpaired) electrons. The van der Waals surface area contributed by atoms with Crippen molar-refractivity contribution in [1.82, 2.24) is 0 Å². The SMILES string of the molecule is CCOC1(N)CCCCC1. The summed E-state index contributed by atoms with van der Waals surface area (Å²) in [6.07, 6.45) is 5.88. The molecule has 2 heteroatoms.